The molecule has 0 saturated heterocycles. The van der Waals surface area contributed by atoms with E-state index in [2.05, 4.69) is 4.98 Å². The number of rotatable bonds is 10. The van der Waals surface area contributed by atoms with Crippen LogP contribution in [0.3, 0.4) is 0 Å². The number of anilines is 1. The first kappa shape index (κ1) is 31.3. The highest BCUT2D eigenvalue weighted by atomic mass is 32.2. The molecule has 0 fully saturated rings. The van der Waals surface area contributed by atoms with Crippen LogP contribution in [-0.4, -0.2) is 60.0 Å². The molecule has 1 aliphatic rings. The fraction of sp³-hybridized carbons (Fsp3) is 0.286. The van der Waals surface area contributed by atoms with Gasteiger partial charge in [-0.3, -0.25) is 8.98 Å². The van der Waals surface area contributed by atoms with Crippen molar-refractivity contribution in [2.75, 3.05) is 45.6 Å². The highest BCUT2D eigenvalue weighted by molar-refractivity contribution is 7.85. The average molecular weight is 645 g/mol. The molecule has 1 aromatic heterocycles. The lowest BCUT2D eigenvalue weighted by atomic mass is 9.89. The second-order valence-electron chi connectivity index (χ2n) is 11.2. The van der Waals surface area contributed by atoms with Crippen molar-refractivity contribution in [3.05, 3.63) is 89.6 Å². The SMILES string of the molecule is COc1cc2cc(C(=O)N3CCC[C@@H](COS(C)(=O)=O)c4c3cc(OCc3ccccc3)c3ccccc43)[nH]c2c(OC)c1OC. The van der Waals surface area contributed by atoms with Gasteiger partial charge >= 0.3 is 0 Å². The minimum Gasteiger partial charge on any atom is -0.493 e. The van der Waals surface area contributed by atoms with Crippen molar-refractivity contribution < 1.29 is 36.3 Å². The van der Waals surface area contributed by atoms with Crippen LogP contribution in [0.2, 0.25) is 0 Å². The van der Waals surface area contributed by atoms with E-state index >= 15 is 0 Å². The molecule has 1 amide bonds. The quantitative estimate of drug-likeness (QED) is 0.173. The number of hydrogen-bond donors (Lipinski definition) is 1. The topological polar surface area (TPSA) is 116 Å². The van der Waals surface area contributed by atoms with Gasteiger partial charge < -0.3 is 28.8 Å². The van der Waals surface area contributed by atoms with E-state index in [4.69, 9.17) is 23.1 Å². The minimum absolute atomic E-state index is 0.0365. The number of fused-ring (bicyclic) bond motifs is 4. The summed E-state index contributed by atoms with van der Waals surface area (Å²) in [4.78, 5) is 19.5. The van der Waals surface area contributed by atoms with Crippen LogP contribution in [-0.2, 0) is 20.9 Å². The smallest absolute Gasteiger partial charge is 0.274 e. The van der Waals surface area contributed by atoms with Crippen LogP contribution in [0.4, 0.5) is 5.69 Å². The van der Waals surface area contributed by atoms with Crippen LogP contribution in [0.15, 0.2) is 72.8 Å². The molecule has 1 N–H and O–H groups in total. The molecule has 0 bridgehead atoms. The van der Waals surface area contributed by atoms with Crippen LogP contribution in [0.1, 0.15) is 40.4 Å². The number of aromatic nitrogens is 1. The number of methoxy groups -OCH3 is 3. The summed E-state index contributed by atoms with van der Waals surface area (Å²) in [6, 6.07) is 23.1. The third-order valence-corrected chi connectivity index (χ3v) is 8.84. The Morgan fingerprint density at radius 2 is 1.61 bits per heavy atom. The molecule has 1 atom stereocenters. The normalized spacial score (nSPS) is 15.0. The van der Waals surface area contributed by atoms with Crippen LogP contribution in [0.25, 0.3) is 21.7 Å². The molecule has 0 saturated carbocycles. The molecule has 0 aliphatic carbocycles. The number of benzene rings is 4. The summed E-state index contributed by atoms with van der Waals surface area (Å²) in [6.07, 6.45) is 2.29. The number of nitrogens with zero attached hydrogens (tertiary/aromatic N) is 1. The van der Waals surface area contributed by atoms with Gasteiger partial charge in [0.1, 0.15) is 18.1 Å². The Hall–Kier alpha value is -4.74. The monoisotopic (exact) mass is 644 g/mol. The van der Waals surface area contributed by atoms with E-state index in [1.54, 1.807) is 24.1 Å². The summed E-state index contributed by atoms with van der Waals surface area (Å²) in [5.41, 5.74) is 3.44. The first-order valence-corrected chi connectivity index (χ1v) is 16.7. The molecule has 2 heterocycles. The number of H-pyrrole nitrogens is 1. The van der Waals surface area contributed by atoms with Crippen molar-refractivity contribution in [2.45, 2.75) is 25.4 Å². The predicted octanol–water partition coefficient (Wildman–Crippen LogP) is 6.43. The summed E-state index contributed by atoms with van der Waals surface area (Å²) in [6.45, 7) is 0.700. The van der Waals surface area contributed by atoms with Crippen molar-refractivity contribution in [1.82, 2.24) is 4.98 Å². The average Bonchev–Trinajstić information content (AvgIpc) is 3.40. The van der Waals surface area contributed by atoms with Crippen molar-refractivity contribution in [3.8, 4) is 23.0 Å². The Labute approximate surface area is 267 Å². The van der Waals surface area contributed by atoms with E-state index in [1.165, 1.54) is 14.2 Å². The van der Waals surface area contributed by atoms with Crippen molar-refractivity contribution in [2.24, 2.45) is 0 Å². The lowest BCUT2D eigenvalue weighted by molar-refractivity contribution is 0.0983. The predicted molar refractivity (Wildman–Crippen MR) is 177 cm³/mol. The molecule has 46 heavy (non-hydrogen) atoms. The van der Waals surface area contributed by atoms with Gasteiger partial charge in [0.2, 0.25) is 5.75 Å². The maximum atomic E-state index is 14.5. The Morgan fingerprint density at radius 1 is 0.891 bits per heavy atom. The Kier molecular flexibility index (Phi) is 8.79. The van der Waals surface area contributed by atoms with Gasteiger partial charge in [-0.2, -0.15) is 8.42 Å². The standard InChI is InChI=1S/C35H36N2O8S/c1-41-30-18-24-17-27(36-32(24)34(43-3)33(30)42-2)35(38)37-16-10-13-23(21-45-46(4,39)40)31-26-15-9-8-14-25(26)29(19-28(31)37)44-20-22-11-6-5-7-12-22/h5-9,11-12,14-15,17-19,23,36H,10,13,16,20-21H2,1-4H3/t23-/m0/s1. The number of ether oxygens (including phenoxy) is 4. The third-order valence-electron chi connectivity index (χ3n) is 8.28. The highest BCUT2D eigenvalue weighted by Crippen LogP contribution is 2.46. The van der Waals surface area contributed by atoms with E-state index in [0.29, 0.717) is 65.9 Å². The number of nitrogens with one attached hydrogen (secondary N) is 1. The van der Waals surface area contributed by atoms with Gasteiger partial charge in [-0.15, -0.1) is 0 Å². The molecule has 0 spiro atoms. The molecule has 1 aliphatic heterocycles. The molecule has 4 aromatic carbocycles. The summed E-state index contributed by atoms with van der Waals surface area (Å²) in [5, 5.41) is 2.46. The van der Waals surface area contributed by atoms with Crippen LogP contribution in [0.5, 0.6) is 23.0 Å². The van der Waals surface area contributed by atoms with Gasteiger partial charge in [-0.05, 0) is 41.5 Å². The number of carbonyl (C=O) groups excluding carboxylic acids is 1. The summed E-state index contributed by atoms with van der Waals surface area (Å²) in [5.74, 6) is 1.39. The molecule has 6 rings (SSSR count). The number of carbonyl (C=O) groups is 1. The van der Waals surface area contributed by atoms with Gasteiger partial charge in [0.25, 0.3) is 16.0 Å². The van der Waals surface area contributed by atoms with E-state index in [0.717, 1.165) is 33.5 Å². The second-order valence-corrected chi connectivity index (χ2v) is 12.8. The fourth-order valence-electron chi connectivity index (χ4n) is 6.21. The zero-order valence-corrected chi connectivity index (χ0v) is 27.0. The maximum absolute atomic E-state index is 14.5. The van der Waals surface area contributed by atoms with Crippen molar-refractivity contribution >= 4 is 43.4 Å². The lowest BCUT2D eigenvalue weighted by Crippen LogP contribution is -2.32. The zero-order valence-electron chi connectivity index (χ0n) is 26.2. The molecule has 11 heteroatoms. The Balaban J connectivity index is 1.49. The first-order valence-electron chi connectivity index (χ1n) is 14.9. The van der Waals surface area contributed by atoms with E-state index in [-0.39, 0.29) is 18.4 Å². The molecule has 240 valence electrons. The second kappa shape index (κ2) is 12.9. The lowest BCUT2D eigenvalue weighted by Gasteiger charge is -2.26. The molecular weight excluding hydrogens is 608 g/mol. The van der Waals surface area contributed by atoms with E-state index in [9.17, 15) is 13.2 Å². The summed E-state index contributed by atoms with van der Waals surface area (Å²) in [7, 11) is 0.918. The molecule has 0 unspecified atom stereocenters. The highest BCUT2D eigenvalue weighted by Gasteiger charge is 2.32. The van der Waals surface area contributed by atoms with E-state index < -0.39 is 10.1 Å². The van der Waals surface area contributed by atoms with Crippen LogP contribution >= 0.6 is 0 Å². The van der Waals surface area contributed by atoms with Crippen molar-refractivity contribution in [1.29, 1.82) is 0 Å². The van der Waals surface area contributed by atoms with Gasteiger partial charge in [0.15, 0.2) is 11.5 Å². The van der Waals surface area contributed by atoms with Gasteiger partial charge in [-0.25, -0.2) is 0 Å². The number of amides is 1. The van der Waals surface area contributed by atoms with Gasteiger partial charge in [0.05, 0.1) is 45.4 Å². The summed E-state index contributed by atoms with van der Waals surface area (Å²) >= 11 is 0. The molecule has 10 nitrogen and oxygen atoms in total. The van der Waals surface area contributed by atoms with Gasteiger partial charge in [-0.1, -0.05) is 54.6 Å². The molecule has 0 radical (unpaired) electrons. The Bertz CT molecular complexity index is 2010. The fourth-order valence-corrected chi connectivity index (χ4v) is 6.62. The Morgan fingerprint density at radius 3 is 2.30 bits per heavy atom. The van der Waals surface area contributed by atoms with Crippen LogP contribution in [0, 0.1) is 0 Å². The largest absolute Gasteiger partial charge is 0.493 e. The molecule has 5 aromatic rings. The number of hydrogen-bond acceptors (Lipinski definition) is 8. The molecular formula is C35H36N2O8S. The maximum Gasteiger partial charge on any atom is 0.274 e. The first-order chi connectivity index (χ1) is 22.2. The number of aromatic amines is 1. The zero-order chi connectivity index (χ0) is 32.4. The van der Waals surface area contributed by atoms with Gasteiger partial charge in [0, 0.05) is 29.3 Å². The van der Waals surface area contributed by atoms with E-state index in [1.807, 2.05) is 60.7 Å². The van der Waals surface area contributed by atoms with Crippen molar-refractivity contribution in [3.63, 3.8) is 0 Å². The minimum atomic E-state index is -3.69. The summed E-state index contributed by atoms with van der Waals surface area (Å²) < 4.78 is 52.6. The van der Waals surface area contributed by atoms with Crippen LogP contribution < -0.4 is 23.8 Å². The third kappa shape index (κ3) is 6.08.